The van der Waals surface area contributed by atoms with E-state index in [9.17, 15) is 22.8 Å². The van der Waals surface area contributed by atoms with E-state index in [0.717, 1.165) is 55.4 Å². The van der Waals surface area contributed by atoms with Crippen molar-refractivity contribution in [3.8, 4) is 0 Å². The molecule has 37 heavy (non-hydrogen) atoms. The monoisotopic (exact) mass is 533 g/mol. The van der Waals surface area contributed by atoms with Crippen LogP contribution in [-0.4, -0.2) is 40.3 Å². The number of carbonyl (C=O) groups excluding carboxylic acids is 2. The summed E-state index contributed by atoms with van der Waals surface area (Å²) < 4.78 is 39.4. The molecule has 1 radical (unpaired) electrons. The van der Waals surface area contributed by atoms with E-state index in [-0.39, 0.29) is 17.2 Å². The zero-order valence-electron chi connectivity index (χ0n) is 21.4. The average molecular weight is 534 g/mol. The number of amides is 2. The van der Waals surface area contributed by atoms with Crippen molar-refractivity contribution in [3.63, 3.8) is 0 Å². The van der Waals surface area contributed by atoms with Crippen LogP contribution in [0.1, 0.15) is 62.9 Å². The number of fused-ring (bicyclic) bond motifs is 1. The van der Waals surface area contributed by atoms with Crippen LogP contribution in [0.2, 0.25) is 0 Å². The largest absolute Gasteiger partial charge is 0.416 e. The van der Waals surface area contributed by atoms with Crippen molar-refractivity contribution in [1.82, 2.24) is 10.2 Å². The normalized spacial score (nSPS) is 23.9. The number of rotatable bonds is 6. The molecule has 0 bridgehead atoms. The Balaban J connectivity index is 1.68. The summed E-state index contributed by atoms with van der Waals surface area (Å²) >= 11 is 1.47. The Morgan fingerprint density at radius 2 is 2.00 bits per heavy atom. The molecule has 0 aliphatic carbocycles. The number of alkyl halides is 3. The van der Waals surface area contributed by atoms with Gasteiger partial charge in [-0.15, -0.1) is 0 Å². The highest BCUT2D eigenvalue weighted by atomic mass is 32.2. The molecule has 2 aromatic rings. The molecular weight excluding hydrogens is 501 g/mol. The fraction of sp³-hybridized carbons (Fsp3) is 0.481. The van der Waals surface area contributed by atoms with Gasteiger partial charge in [0.05, 0.1) is 22.4 Å². The quantitative estimate of drug-likeness (QED) is 0.427. The molecular formula is C27H32F3N4O2S. The van der Waals surface area contributed by atoms with Crippen molar-refractivity contribution in [2.45, 2.75) is 68.6 Å². The van der Waals surface area contributed by atoms with Crippen molar-refractivity contribution in [3.05, 3.63) is 53.6 Å². The molecule has 0 aromatic heterocycles. The second-order valence-corrected chi connectivity index (χ2v) is 11.5. The lowest BCUT2D eigenvalue weighted by Gasteiger charge is -2.55. The molecule has 2 unspecified atom stereocenters. The third-order valence-electron chi connectivity index (χ3n) is 6.95. The lowest BCUT2D eigenvalue weighted by atomic mass is 9.83. The van der Waals surface area contributed by atoms with Crippen LogP contribution in [0.15, 0.2) is 41.3 Å². The van der Waals surface area contributed by atoms with E-state index >= 15 is 0 Å². The fourth-order valence-electron chi connectivity index (χ4n) is 5.20. The van der Waals surface area contributed by atoms with Crippen molar-refractivity contribution >= 4 is 35.0 Å². The standard InChI is InChI=1S/C27H32F3N4O2S/c1-17(2)16-34-14-6-5-13-25(34,4)27(32-18(3)35)33-23-21(11-8-12-22(23)37-27)24(36)31-20-10-7-9-19(15-20)26(28,29)30/h7-9,11-12,15,17,33H,5-6,13-14,16H2,1-4H3,(H,31,36)(H,32,35). The summed E-state index contributed by atoms with van der Waals surface area (Å²) in [7, 11) is 0. The number of piperidine rings is 1. The number of nitrogens with zero attached hydrogens (tertiary/aromatic N) is 1. The van der Waals surface area contributed by atoms with E-state index in [1.54, 1.807) is 12.1 Å². The summed E-state index contributed by atoms with van der Waals surface area (Å²) in [5, 5.41) is 9.22. The molecule has 2 amide bonds. The highest BCUT2D eigenvalue weighted by Crippen LogP contribution is 2.54. The summed E-state index contributed by atoms with van der Waals surface area (Å²) in [6.45, 7) is 9.70. The van der Waals surface area contributed by atoms with Gasteiger partial charge in [-0.1, -0.05) is 44.2 Å². The Labute approximate surface area is 219 Å². The Kier molecular flexibility index (Phi) is 7.54. The molecule has 2 aliphatic rings. The summed E-state index contributed by atoms with van der Waals surface area (Å²) in [5.41, 5.74) is -0.583. The molecule has 4 rings (SSSR count). The summed E-state index contributed by atoms with van der Waals surface area (Å²) in [5.74, 6) is -0.341. The first kappa shape index (κ1) is 27.3. The lowest BCUT2D eigenvalue weighted by molar-refractivity contribution is -0.137. The first-order valence-corrected chi connectivity index (χ1v) is 13.2. The minimum absolute atomic E-state index is 0.0708. The van der Waals surface area contributed by atoms with E-state index in [2.05, 4.69) is 47.7 Å². The maximum absolute atomic E-state index is 13.3. The van der Waals surface area contributed by atoms with E-state index < -0.39 is 28.2 Å². The first-order valence-electron chi connectivity index (χ1n) is 12.4. The van der Waals surface area contributed by atoms with Gasteiger partial charge in [0.25, 0.3) is 5.91 Å². The van der Waals surface area contributed by atoms with Gasteiger partial charge in [0, 0.05) is 30.1 Å². The van der Waals surface area contributed by atoms with Gasteiger partial charge in [0.15, 0.2) is 4.99 Å². The van der Waals surface area contributed by atoms with E-state index in [4.69, 9.17) is 0 Å². The van der Waals surface area contributed by atoms with E-state index in [0.29, 0.717) is 11.6 Å². The molecule has 10 heteroatoms. The zero-order valence-corrected chi connectivity index (χ0v) is 22.2. The third-order valence-corrected chi connectivity index (χ3v) is 8.46. The molecule has 1 fully saturated rings. The number of carbonyl (C=O) groups is 2. The molecule has 1 saturated heterocycles. The summed E-state index contributed by atoms with van der Waals surface area (Å²) in [6, 6.07) is 10.8. The number of para-hydroxylation sites is 1. The lowest BCUT2D eigenvalue weighted by Crippen LogP contribution is -2.71. The third kappa shape index (κ3) is 5.45. The van der Waals surface area contributed by atoms with Crippen LogP contribution in [-0.2, 0) is 11.0 Å². The summed E-state index contributed by atoms with van der Waals surface area (Å²) in [4.78, 5) is 28.0. The van der Waals surface area contributed by atoms with Gasteiger partial charge in [-0.3, -0.25) is 14.5 Å². The van der Waals surface area contributed by atoms with Gasteiger partial charge < -0.3 is 16.0 Å². The molecule has 0 saturated carbocycles. The molecule has 0 spiro atoms. The molecule has 2 heterocycles. The Morgan fingerprint density at radius 1 is 1.24 bits per heavy atom. The Hall–Kier alpha value is -2.72. The van der Waals surface area contributed by atoms with Crippen LogP contribution in [0.4, 0.5) is 24.5 Å². The van der Waals surface area contributed by atoms with Gasteiger partial charge in [-0.2, -0.15) is 13.2 Å². The summed E-state index contributed by atoms with van der Waals surface area (Å²) in [6.07, 6.45) is -1.62. The number of nitrogens with one attached hydrogen (secondary N) is 3. The maximum atomic E-state index is 13.3. The number of benzene rings is 2. The molecule has 3 N–H and O–H groups in total. The van der Waals surface area contributed by atoms with Gasteiger partial charge >= 0.3 is 6.18 Å². The fourth-order valence-corrected chi connectivity index (χ4v) is 6.74. The van der Waals surface area contributed by atoms with Crippen LogP contribution in [0.3, 0.4) is 0 Å². The number of thioether (sulfide) groups is 1. The average Bonchev–Trinajstić information content (AvgIpc) is 3.19. The van der Waals surface area contributed by atoms with Crippen molar-refractivity contribution in [2.75, 3.05) is 23.7 Å². The van der Waals surface area contributed by atoms with E-state index in [1.807, 2.05) is 6.07 Å². The molecule has 6 nitrogen and oxygen atoms in total. The van der Waals surface area contributed by atoms with Crippen LogP contribution in [0.5, 0.6) is 0 Å². The van der Waals surface area contributed by atoms with Crippen molar-refractivity contribution < 1.29 is 22.8 Å². The number of hydrogen-bond acceptors (Lipinski definition) is 5. The van der Waals surface area contributed by atoms with Crippen molar-refractivity contribution in [1.29, 1.82) is 0 Å². The molecule has 2 aliphatic heterocycles. The van der Waals surface area contributed by atoms with Gasteiger partial charge in [-0.25, -0.2) is 0 Å². The molecule has 2 aromatic carbocycles. The number of halogens is 3. The van der Waals surface area contributed by atoms with Gasteiger partial charge in [0.2, 0.25) is 5.91 Å². The smallest absolute Gasteiger partial charge is 0.351 e. The molecule has 2 atom stereocenters. The SMILES string of the molecule is CC(=O)NC1(C2(C)CCCCN2CC(C)C)Nc2c(cccc2C(=O)Nc2[c]ccc(C(F)(F)F)c2)S1. The zero-order chi connectivity index (χ0) is 27.0. The van der Waals surface area contributed by atoms with Crippen molar-refractivity contribution in [2.24, 2.45) is 5.92 Å². The second kappa shape index (κ2) is 10.2. The maximum Gasteiger partial charge on any atom is 0.416 e. The van der Waals surface area contributed by atoms with Gasteiger partial charge in [-0.05, 0) is 56.5 Å². The minimum atomic E-state index is -4.53. The first-order chi connectivity index (χ1) is 17.3. The Bertz CT molecular complexity index is 1190. The predicted octanol–water partition coefficient (Wildman–Crippen LogP) is 5.97. The highest BCUT2D eigenvalue weighted by molar-refractivity contribution is 8.01. The minimum Gasteiger partial charge on any atom is -0.351 e. The van der Waals surface area contributed by atoms with Crippen LogP contribution in [0.25, 0.3) is 0 Å². The highest BCUT2D eigenvalue weighted by Gasteiger charge is 2.57. The Morgan fingerprint density at radius 3 is 2.68 bits per heavy atom. The topological polar surface area (TPSA) is 73.5 Å². The number of hydrogen-bond donors (Lipinski definition) is 3. The van der Waals surface area contributed by atoms with Crippen LogP contribution < -0.4 is 16.0 Å². The predicted molar refractivity (Wildman–Crippen MR) is 139 cm³/mol. The number of likely N-dealkylation sites (tertiary alicyclic amines) is 1. The van der Waals surface area contributed by atoms with Gasteiger partial charge in [0.1, 0.15) is 0 Å². The second-order valence-electron chi connectivity index (χ2n) is 10.3. The van der Waals surface area contributed by atoms with Crippen LogP contribution >= 0.6 is 11.8 Å². The van der Waals surface area contributed by atoms with E-state index in [1.165, 1.54) is 18.7 Å². The number of anilines is 2. The molecule has 199 valence electrons. The van der Waals surface area contributed by atoms with Crippen LogP contribution in [0, 0.1) is 12.0 Å².